The van der Waals surface area contributed by atoms with Crippen LogP contribution in [0.4, 0.5) is 0 Å². The Morgan fingerprint density at radius 3 is 2.25 bits per heavy atom. The van der Waals surface area contributed by atoms with Gasteiger partial charge in [-0.05, 0) is 35.1 Å². The molecule has 2 aromatic rings. The fourth-order valence-corrected chi connectivity index (χ4v) is 2.47. The first kappa shape index (κ1) is 14.3. The van der Waals surface area contributed by atoms with Gasteiger partial charge in [0.05, 0.1) is 0 Å². The maximum atomic E-state index is 11.7. The molecule has 2 aromatic carbocycles. The third-order valence-corrected chi connectivity index (χ3v) is 3.47. The lowest BCUT2D eigenvalue weighted by molar-refractivity contribution is 0.100. The summed E-state index contributed by atoms with van der Waals surface area (Å²) in [5.74, 6) is -0.385. The number of carbonyl (C=O) groups is 1. The zero-order valence-electron chi connectivity index (χ0n) is 12.5. The van der Waals surface area contributed by atoms with Crippen LogP contribution in [-0.2, 0) is 5.41 Å². The molecule has 0 radical (unpaired) electrons. The second kappa shape index (κ2) is 5.12. The highest BCUT2D eigenvalue weighted by atomic mass is 16.1. The molecule has 1 amide bonds. The Morgan fingerprint density at radius 1 is 1.00 bits per heavy atom. The molecule has 0 unspecified atom stereocenters. The number of primary amides is 1. The van der Waals surface area contributed by atoms with Crippen LogP contribution in [0, 0.1) is 6.92 Å². The topological polar surface area (TPSA) is 43.1 Å². The third kappa shape index (κ3) is 2.74. The molecule has 2 rings (SSSR count). The normalized spacial score (nSPS) is 11.4. The Labute approximate surface area is 120 Å². The molecule has 0 saturated carbocycles. The molecular formula is C18H21NO. The van der Waals surface area contributed by atoms with Crippen molar-refractivity contribution in [2.75, 3.05) is 0 Å². The molecule has 2 heteroatoms. The molecule has 0 aliphatic carbocycles. The number of amides is 1. The van der Waals surface area contributed by atoms with E-state index < -0.39 is 0 Å². The van der Waals surface area contributed by atoms with Gasteiger partial charge < -0.3 is 5.73 Å². The number of carbonyl (C=O) groups excluding carboxylic acids is 1. The van der Waals surface area contributed by atoms with Crippen LogP contribution in [0.1, 0.15) is 42.3 Å². The molecule has 0 aliphatic heterocycles. The van der Waals surface area contributed by atoms with Crippen LogP contribution < -0.4 is 5.73 Å². The maximum Gasteiger partial charge on any atom is 0.249 e. The van der Waals surface area contributed by atoms with Gasteiger partial charge in [-0.3, -0.25) is 4.79 Å². The van der Waals surface area contributed by atoms with E-state index >= 15 is 0 Å². The van der Waals surface area contributed by atoms with E-state index in [1.807, 2.05) is 37.3 Å². The average Bonchev–Trinajstić information content (AvgIpc) is 2.37. The van der Waals surface area contributed by atoms with Crippen molar-refractivity contribution in [1.82, 2.24) is 0 Å². The van der Waals surface area contributed by atoms with Crippen LogP contribution in [0.2, 0.25) is 0 Å². The largest absolute Gasteiger partial charge is 0.366 e. The summed E-state index contributed by atoms with van der Waals surface area (Å²) in [6.45, 7) is 8.54. The Bertz CT molecular complexity index is 651. The van der Waals surface area contributed by atoms with Crippen LogP contribution >= 0.6 is 0 Å². The van der Waals surface area contributed by atoms with Gasteiger partial charge in [-0.15, -0.1) is 0 Å². The molecule has 104 valence electrons. The summed E-state index contributed by atoms with van der Waals surface area (Å²) in [6, 6.07) is 14.0. The number of rotatable bonds is 2. The number of aryl methyl sites for hydroxylation is 1. The van der Waals surface area contributed by atoms with Gasteiger partial charge in [0.1, 0.15) is 0 Å². The molecular weight excluding hydrogens is 246 g/mol. The lowest BCUT2D eigenvalue weighted by Gasteiger charge is -2.24. The Balaban J connectivity index is 2.75. The van der Waals surface area contributed by atoms with Crippen LogP contribution in [-0.4, -0.2) is 5.91 Å². The van der Waals surface area contributed by atoms with Crippen LogP contribution in [0.25, 0.3) is 11.1 Å². The Kier molecular flexibility index (Phi) is 3.67. The number of nitrogens with two attached hydrogens (primary N) is 1. The van der Waals surface area contributed by atoms with E-state index in [-0.39, 0.29) is 11.3 Å². The van der Waals surface area contributed by atoms with Gasteiger partial charge in [0, 0.05) is 5.56 Å². The molecule has 20 heavy (non-hydrogen) atoms. The SMILES string of the molecule is Cc1ccc(C(N)=O)c(-c2ccccc2C(C)(C)C)c1. The monoisotopic (exact) mass is 267 g/mol. The molecule has 2 nitrogen and oxygen atoms in total. The van der Waals surface area contributed by atoms with E-state index in [0.29, 0.717) is 5.56 Å². The van der Waals surface area contributed by atoms with Crippen LogP contribution in [0.15, 0.2) is 42.5 Å². The molecule has 0 fully saturated rings. The third-order valence-electron chi connectivity index (χ3n) is 3.47. The van der Waals surface area contributed by atoms with Gasteiger partial charge in [-0.1, -0.05) is 62.7 Å². The predicted molar refractivity (Wildman–Crippen MR) is 83.8 cm³/mol. The van der Waals surface area contributed by atoms with Gasteiger partial charge in [0.2, 0.25) is 5.91 Å². The summed E-state index contributed by atoms with van der Waals surface area (Å²) < 4.78 is 0. The van der Waals surface area contributed by atoms with Gasteiger partial charge in [-0.25, -0.2) is 0 Å². The van der Waals surface area contributed by atoms with Crippen molar-refractivity contribution in [3.63, 3.8) is 0 Å². The van der Waals surface area contributed by atoms with E-state index in [0.717, 1.165) is 16.7 Å². The number of hydrogen-bond donors (Lipinski definition) is 1. The molecule has 0 atom stereocenters. The first-order valence-corrected chi connectivity index (χ1v) is 6.81. The maximum absolute atomic E-state index is 11.7. The van der Waals surface area contributed by atoms with Gasteiger partial charge >= 0.3 is 0 Å². The summed E-state index contributed by atoms with van der Waals surface area (Å²) in [5, 5.41) is 0. The van der Waals surface area contributed by atoms with Crippen molar-refractivity contribution in [2.24, 2.45) is 5.73 Å². The minimum Gasteiger partial charge on any atom is -0.366 e. The highest BCUT2D eigenvalue weighted by molar-refractivity contribution is 6.00. The zero-order valence-corrected chi connectivity index (χ0v) is 12.5. The lowest BCUT2D eigenvalue weighted by Crippen LogP contribution is -2.16. The summed E-state index contributed by atoms with van der Waals surface area (Å²) in [4.78, 5) is 11.7. The fourth-order valence-electron chi connectivity index (χ4n) is 2.47. The lowest BCUT2D eigenvalue weighted by atomic mass is 9.80. The van der Waals surface area contributed by atoms with E-state index in [1.54, 1.807) is 0 Å². The summed E-state index contributed by atoms with van der Waals surface area (Å²) in [6.07, 6.45) is 0. The van der Waals surface area contributed by atoms with Crippen molar-refractivity contribution < 1.29 is 4.79 Å². The Hall–Kier alpha value is -2.09. The first-order chi connectivity index (χ1) is 9.30. The first-order valence-electron chi connectivity index (χ1n) is 6.81. The van der Waals surface area contributed by atoms with Crippen LogP contribution in [0.3, 0.4) is 0 Å². The highest BCUT2D eigenvalue weighted by Gasteiger charge is 2.20. The van der Waals surface area contributed by atoms with E-state index in [4.69, 9.17) is 5.73 Å². The zero-order chi connectivity index (χ0) is 14.9. The minimum atomic E-state index is -0.385. The molecule has 0 aromatic heterocycles. The average molecular weight is 267 g/mol. The van der Waals surface area contributed by atoms with Crippen molar-refractivity contribution in [2.45, 2.75) is 33.1 Å². The summed E-state index contributed by atoms with van der Waals surface area (Å²) >= 11 is 0. The quantitative estimate of drug-likeness (QED) is 0.876. The van der Waals surface area contributed by atoms with Gasteiger partial charge in [0.25, 0.3) is 0 Å². The van der Waals surface area contributed by atoms with E-state index in [2.05, 4.69) is 32.9 Å². The second-order valence-corrected chi connectivity index (χ2v) is 6.21. The van der Waals surface area contributed by atoms with E-state index in [1.165, 1.54) is 5.56 Å². The second-order valence-electron chi connectivity index (χ2n) is 6.21. The molecule has 0 heterocycles. The molecule has 2 N–H and O–H groups in total. The highest BCUT2D eigenvalue weighted by Crippen LogP contribution is 2.34. The number of benzene rings is 2. The fraction of sp³-hybridized carbons (Fsp3) is 0.278. The minimum absolute atomic E-state index is 0.00918. The van der Waals surface area contributed by atoms with E-state index in [9.17, 15) is 4.79 Å². The smallest absolute Gasteiger partial charge is 0.249 e. The number of hydrogen-bond acceptors (Lipinski definition) is 1. The van der Waals surface area contributed by atoms with Gasteiger partial charge in [-0.2, -0.15) is 0 Å². The van der Waals surface area contributed by atoms with Crippen molar-refractivity contribution in [1.29, 1.82) is 0 Å². The summed E-state index contributed by atoms with van der Waals surface area (Å²) in [7, 11) is 0. The van der Waals surface area contributed by atoms with Gasteiger partial charge in [0.15, 0.2) is 0 Å². The van der Waals surface area contributed by atoms with Crippen molar-refractivity contribution in [3.05, 3.63) is 59.2 Å². The molecule has 0 spiro atoms. The molecule has 0 bridgehead atoms. The van der Waals surface area contributed by atoms with Crippen LogP contribution in [0.5, 0.6) is 0 Å². The molecule has 0 aliphatic rings. The van der Waals surface area contributed by atoms with Crippen molar-refractivity contribution in [3.8, 4) is 11.1 Å². The Morgan fingerprint density at radius 2 is 1.65 bits per heavy atom. The molecule has 0 saturated heterocycles. The predicted octanol–water partition coefficient (Wildman–Crippen LogP) is 4.06. The standard InChI is InChI=1S/C18H21NO/c1-12-9-10-14(17(19)20)15(11-12)13-7-5-6-8-16(13)18(2,3)4/h5-11H,1-4H3,(H2,19,20). The van der Waals surface area contributed by atoms with Crippen molar-refractivity contribution >= 4 is 5.91 Å². The summed E-state index contributed by atoms with van der Waals surface area (Å²) in [5.41, 5.74) is 10.4.